The van der Waals surface area contributed by atoms with Gasteiger partial charge in [-0.05, 0) is 44.3 Å². The Morgan fingerprint density at radius 2 is 1.79 bits per heavy atom. The second-order valence-electron chi connectivity index (χ2n) is 7.05. The Morgan fingerprint density at radius 3 is 2.33 bits per heavy atom. The van der Waals surface area contributed by atoms with Crippen molar-refractivity contribution < 1.29 is 14.1 Å². The van der Waals surface area contributed by atoms with E-state index in [2.05, 4.69) is 39.5 Å². The Balaban J connectivity index is 2.35. The van der Waals surface area contributed by atoms with Crippen molar-refractivity contribution in [1.82, 2.24) is 5.32 Å². The summed E-state index contributed by atoms with van der Waals surface area (Å²) in [5.74, 6) is -0.0776. The van der Waals surface area contributed by atoms with Crippen molar-refractivity contribution >= 4 is 35.0 Å². The lowest BCUT2D eigenvalue weighted by atomic mass is 9.76. The molecule has 24 heavy (non-hydrogen) atoms. The normalized spacial score (nSPS) is 19.4. The lowest BCUT2D eigenvalue weighted by molar-refractivity contribution is -0.118. The Labute approximate surface area is 153 Å². The average molecular weight is 394 g/mol. The van der Waals surface area contributed by atoms with Crippen molar-refractivity contribution in [2.75, 3.05) is 6.54 Å². The summed E-state index contributed by atoms with van der Waals surface area (Å²) in [6, 6.07) is 8.13. The second-order valence-corrected chi connectivity index (χ2v) is 7.61. The molecule has 130 valence electrons. The van der Waals surface area contributed by atoms with Crippen LogP contribution in [0.15, 0.2) is 29.7 Å². The predicted molar refractivity (Wildman–Crippen MR) is 102 cm³/mol. The molecular formula is C18H25BBrNO3. The minimum atomic E-state index is -0.481. The largest absolute Gasteiger partial charge is 0.492 e. The third kappa shape index (κ3) is 4.29. The highest BCUT2D eigenvalue weighted by molar-refractivity contribution is 9.08. The van der Waals surface area contributed by atoms with Crippen LogP contribution in [0.4, 0.5) is 0 Å². The van der Waals surface area contributed by atoms with Crippen LogP contribution >= 0.6 is 15.9 Å². The highest BCUT2D eigenvalue weighted by Crippen LogP contribution is 2.38. The fourth-order valence-corrected chi connectivity index (χ4v) is 2.93. The molecule has 1 saturated heterocycles. The van der Waals surface area contributed by atoms with Crippen LogP contribution in [0.1, 0.15) is 45.7 Å². The van der Waals surface area contributed by atoms with Gasteiger partial charge in [-0.25, -0.2) is 0 Å². The monoisotopic (exact) mass is 393 g/mol. The van der Waals surface area contributed by atoms with Gasteiger partial charge >= 0.3 is 7.12 Å². The molecule has 1 aliphatic rings. The van der Waals surface area contributed by atoms with E-state index in [0.717, 1.165) is 16.4 Å². The summed E-state index contributed by atoms with van der Waals surface area (Å²) in [7, 11) is -0.481. The predicted octanol–water partition coefficient (Wildman–Crippen LogP) is 3.73. The zero-order chi connectivity index (χ0) is 18.0. The fourth-order valence-electron chi connectivity index (χ4n) is 2.42. The Morgan fingerprint density at radius 1 is 1.21 bits per heavy atom. The lowest BCUT2D eigenvalue weighted by Crippen LogP contribution is -2.41. The molecule has 6 heteroatoms. The van der Waals surface area contributed by atoms with Gasteiger partial charge in [0.2, 0.25) is 5.91 Å². The van der Waals surface area contributed by atoms with Crippen molar-refractivity contribution in [3.63, 3.8) is 0 Å². The summed E-state index contributed by atoms with van der Waals surface area (Å²) in [6.45, 7) is 9.99. The standard InChI is InChI=1S/C18H25BBrNO3/c1-13(22)21-12-16(10-14-8-6-7-9-15(14)11-20)19-23-17(2,3)18(4,5)24-19/h6-10H,11-12H2,1-5H3,(H,21,22). The van der Waals surface area contributed by atoms with Crippen LogP contribution < -0.4 is 5.32 Å². The minimum absolute atomic E-state index is 0.0776. The molecule has 1 aromatic rings. The van der Waals surface area contributed by atoms with Crippen LogP contribution in [-0.2, 0) is 19.4 Å². The van der Waals surface area contributed by atoms with Gasteiger partial charge in [0, 0.05) is 18.8 Å². The number of amides is 1. The van der Waals surface area contributed by atoms with E-state index in [1.54, 1.807) is 0 Å². The summed E-state index contributed by atoms with van der Waals surface area (Å²) >= 11 is 3.52. The number of rotatable bonds is 5. The summed E-state index contributed by atoms with van der Waals surface area (Å²) < 4.78 is 12.3. The van der Waals surface area contributed by atoms with Gasteiger partial charge in [-0.1, -0.05) is 46.3 Å². The fraction of sp³-hybridized carbons (Fsp3) is 0.500. The summed E-state index contributed by atoms with van der Waals surface area (Å²) in [5, 5.41) is 3.62. The first-order valence-electron chi connectivity index (χ1n) is 8.11. The van der Waals surface area contributed by atoms with Crippen molar-refractivity contribution in [1.29, 1.82) is 0 Å². The summed E-state index contributed by atoms with van der Waals surface area (Å²) in [5.41, 5.74) is 2.33. The first-order valence-corrected chi connectivity index (χ1v) is 9.23. The Hall–Kier alpha value is -1.11. The molecule has 0 spiro atoms. The molecule has 4 nitrogen and oxygen atoms in total. The lowest BCUT2D eigenvalue weighted by Gasteiger charge is -2.32. The number of hydrogen-bond acceptors (Lipinski definition) is 3. The van der Waals surface area contributed by atoms with Crippen molar-refractivity contribution in [2.45, 2.75) is 51.2 Å². The van der Waals surface area contributed by atoms with E-state index in [0.29, 0.717) is 6.54 Å². The average Bonchev–Trinajstić information content (AvgIpc) is 2.71. The highest BCUT2D eigenvalue weighted by Gasteiger charge is 2.52. The quantitative estimate of drug-likeness (QED) is 0.612. The number of hydrogen-bond donors (Lipinski definition) is 1. The molecule has 1 heterocycles. The molecule has 0 aliphatic carbocycles. The van der Waals surface area contributed by atoms with Gasteiger partial charge in [0.05, 0.1) is 11.2 Å². The molecule has 0 bridgehead atoms. The van der Waals surface area contributed by atoms with E-state index in [1.807, 2.05) is 39.8 Å². The molecule has 1 N–H and O–H groups in total. The minimum Gasteiger partial charge on any atom is -0.400 e. The van der Waals surface area contributed by atoms with E-state index >= 15 is 0 Å². The number of carbonyl (C=O) groups is 1. The van der Waals surface area contributed by atoms with Crippen molar-refractivity contribution in [3.8, 4) is 0 Å². The van der Waals surface area contributed by atoms with Gasteiger partial charge in [0.25, 0.3) is 0 Å². The van der Waals surface area contributed by atoms with Crippen LogP contribution in [0.3, 0.4) is 0 Å². The van der Waals surface area contributed by atoms with Gasteiger partial charge in [-0.3, -0.25) is 4.79 Å². The number of carbonyl (C=O) groups excluding carboxylic acids is 1. The second kappa shape index (κ2) is 7.42. The third-order valence-electron chi connectivity index (χ3n) is 4.64. The van der Waals surface area contributed by atoms with Crippen molar-refractivity contribution in [3.05, 3.63) is 40.9 Å². The molecule has 0 saturated carbocycles. The van der Waals surface area contributed by atoms with Crippen LogP contribution in [0.25, 0.3) is 6.08 Å². The number of alkyl halides is 1. The molecule has 1 aliphatic heterocycles. The van der Waals surface area contributed by atoms with Gasteiger partial charge in [0.1, 0.15) is 0 Å². The number of benzene rings is 1. The zero-order valence-electron chi connectivity index (χ0n) is 15.0. The number of halogens is 1. The maximum absolute atomic E-state index is 11.4. The van der Waals surface area contributed by atoms with E-state index in [4.69, 9.17) is 9.31 Å². The molecule has 0 radical (unpaired) electrons. The molecule has 1 fully saturated rings. The Bertz CT molecular complexity index is 627. The van der Waals surface area contributed by atoms with Crippen molar-refractivity contribution in [2.24, 2.45) is 0 Å². The van der Waals surface area contributed by atoms with E-state index < -0.39 is 18.3 Å². The molecular weight excluding hydrogens is 369 g/mol. The van der Waals surface area contributed by atoms with Gasteiger partial charge < -0.3 is 14.6 Å². The molecule has 2 rings (SSSR count). The zero-order valence-corrected chi connectivity index (χ0v) is 16.6. The summed E-state index contributed by atoms with van der Waals surface area (Å²) in [4.78, 5) is 11.4. The smallest absolute Gasteiger partial charge is 0.400 e. The van der Waals surface area contributed by atoms with Crippen LogP contribution in [-0.4, -0.2) is 30.8 Å². The van der Waals surface area contributed by atoms with Gasteiger partial charge in [-0.15, -0.1) is 0 Å². The highest BCUT2D eigenvalue weighted by atomic mass is 79.9. The van der Waals surface area contributed by atoms with Gasteiger partial charge in [0.15, 0.2) is 0 Å². The molecule has 0 unspecified atom stereocenters. The molecule has 0 aromatic heterocycles. The van der Waals surface area contributed by atoms with E-state index in [-0.39, 0.29) is 5.91 Å². The third-order valence-corrected chi connectivity index (χ3v) is 5.24. The molecule has 1 amide bonds. The molecule has 0 atom stereocenters. The topological polar surface area (TPSA) is 47.6 Å². The van der Waals surface area contributed by atoms with Crippen LogP contribution in [0, 0.1) is 0 Å². The Kier molecular flexibility index (Phi) is 5.94. The molecule has 1 aromatic carbocycles. The van der Waals surface area contributed by atoms with E-state index in [9.17, 15) is 4.79 Å². The maximum Gasteiger partial charge on any atom is 0.492 e. The van der Waals surface area contributed by atoms with Gasteiger partial charge in [-0.2, -0.15) is 0 Å². The van der Waals surface area contributed by atoms with Crippen LogP contribution in [0.5, 0.6) is 0 Å². The number of nitrogens with one attached hydrogen (secondary N) is 1. The maximum atomic E-state index is 11.4. The van der Waals surface area contributed by atoms with E-state index in [1.165, 1.54) is 12.5 Å². The first-order chi connectivity index (χ1) is 11.2. The SMILES string of the molecule is CC(=O)NCC(=Cc1ccccc1CBr)B1OC(C)(C)C(C)(C)O1. The van der Waals surface area contributed by atoms with Crippen LogP contribution in [0.2, 0.25) is 0 Å². The first kappa shape index (κ1) is 19.2. The summed E-state index contributed by atoms with van der Waals surface area (Å²) in [6.07, 6.45) is 2.05.